The first-order valence-corrected chi connectivity index (χ1v) is 8.41. The molecule has 2 heterocycles. The molecule has 0 atom stereocenters. The zero-order valence-corrected chi connectivity index (χ0v) is 14.9. The third-order valence-electron chi connectivity index (χ3n) is 3.68. The van der Waals surface area contributed by atoms with Crippen molar-refractivity contribution in [3.05, 3.63) is 23.9 Å². The third kappa shape index (κ3) is 5.00. The van der Waals surface area contributed by atoms with E-state index in [2.05, 4.69) is 43.2 Å². The van der Waals surface area contributed by atoms with Crippen LogP contribution in [0.1, 0.15) is 59.9 Å². The number of likely N-dealkylation sites (tertiary alicyclic amines) is 1. The molecule has 4 nitrogen and oxygen atoms in total. The molecule has 0 aliphatic carbocycles. The molecule has 1 amide bonds. The van der Waals surface area contributed by atoms with Crippen LogP contribution < -0.4 is 5.32 Å². The summed E-state index contributed by atoms with van der Waals surface area (Å²) in [6, 6.07) is 4.50. The highest BCUT2D eigenvalue weighted by Gasteiger charge is 2.30. The number of nitrogens with zero attached hydrogens (tertiary/aromatic N) is 2. The fraction of sp³-hybridized carbons (Fsp3) is 0.667. The highest BCUT2D eigenvalue weighted by atomic mass is 16.2. The van der Waals surface area contributed by atoms with E-state index in [1.807, 2.05) is 31.9 Å². The van der Waals surface area contributed by atoms with Gasteiger partial charge in [-0.3, -0.25) is 4.79 Å². The lowest BCUT2D eigenvalue weighted by atomic mass is 9.88. The predicted octanol–water partition coefficient (Wildman–Crippen LogP) is 3.83. The topological polar surface area (TPSA) is 45.2 Å². The van der Waals surface area contributed by atoms with Gasteiger partial charge in [0.1, 0.15) is 5.82 Å². The van der Waals surface area contributed by atoms with Crippen molar-refractivity contribution in [2.45, 2.75) is 65.8 Å². The van der Waals surface area contributed by atoms with Gasteiger partial charge in [0.25, 0.3) is 0 Å². The van der Waals surface area contributed by atoms with E-state index < -0.39 is 0 Å². The van der Waals surface area contributed by atoms with Gasteiger partial charge in [0.05, 0.1) is 6.04 Å². The van der Waals surface area contributed by atoms with Gasteiger partial charge in [-0.2, -0.15) is 0 Å². The van der Waals surface area contributed by atoms with Crippen LogP contribution >= 0.6 is 0 Å². The second-order valence-electron chi connectivity index (χ2n) is 6.57. The summed E-state index contributed by atoms with van der Waals surface area (Å²) >= 11 is 0. The minimum Gasteiger partial charge on any atom is -0.364 e. The number of amides is 1. The highest BCUT2D eigenvalue weighted by Crippen LogP contribution is 2.24. The molecule has 0 radical (unpaired) electrons. The minimum atomic E-state index is 0.127. The van der Waals surface area contributed by atoms with Crippen LogP contribution in [0.25, 0.3) is 0 Å². The lowest BCUT2D eigenvalue weighted by molar-refractivity contribution is -0.135. The molecule has 1 aromatic heterocycles. The highest BCUT2D eigenvalue weighted by molar-refractivity contribution is 5.77. The fourth-order valence-corrected chi connectivity index (χ4v) is 2.33. The van der Waals surface area contributed by atoms with E-state index in [-0.39, 0.29) is 11.3 Å². The molecule has 1 aliphatic heterocycles. The number of rotatable bonds is 4. The Labute approximate surface area is 135 Å². The Morgan fingerprint density at radius 2 is 2.00 bits per heavy atom. The van der Waals surface area contributed by atoms with Crippen molar-refractivity contribution in [2.75, 3.05) is 18.4 Å². The Balaban J connectivity index is 0.00000116. The number of hydrogen-bond donors (Lipinski definition) is 1. The summed E-state index contributed by atoms with van der Waals surface area (Å²) in [5.41, 5.74) is 1.40. The molecule has 0 unspecified atom stereocenters. The minimum absolute atomic E-state index is 0.127. The van der Waals surface area contributed by atoms with Crippen molar-refractivity contribution in [3.63, 3.8) is 0 Å². The van der Waals surface area contributed by atoms with Gasteiger partial charge in [0.15, 0.2) is 0 Å². The number of hydrogen-bond acceptors (Lipinski definition) is 3. The molecule has 1 N–H and O–H groups in total. The maximum atomic E-state index is 11.7. The second kappa shape index (κ2) is 8.16. The Bertz CT molecular complexity index is 473. The van der Waals surface area contributed by atoms with Gasteiger partial charge >= 0.3 is 0 Å². The van der Waals surface area contributed by atoms with Gasteiger partial charge in [-0.05, 0) is 29.5 Å². The lowest BCUT2D eigenvalue weighted by Crippen LogP contribution is -2.57. The number of carbonyl (C=O) groups excluding carboxylic acids is 1. The van der Waals surface area contributed by atoms with Crippen LogP contribution in [-0.2, 0) is 10.2 Å². The van der Waals surface area contributed by atoms with E-state index in [4.69, 9.17) is 0 Å². The van der Waals surface area contributed by atoms with Crippen molar-refractivity contribution < 1.29 is 4.79 Å². The molecule has 1 aromatic rings. The van der Waals surface area contributed by atoms with E-state index in [0.717, 1.165) is 25.3 Å². The first kappa shape index (κ1) is 18.5. The molecule has 0 spiro atoms. The van der Waals surface area contributed by atoms with Crippen LogP contribution in [0.2, 0.25) is 0 Å². The molecule has 0 bridgehead atoms. The van der Waals surface area contributed by atoms with Gasteiger partial charge < -0.3 is 10.2 Å². The second-order valence-corrected chi connectivity index (χ2v) is 6.57. The summed E-state index contributed by atoms with van der Waals surface area (Å²) in [5, 5.41) is 3.41. The van der Waals surface area contributed by atoms with E-state index in [9.17, 15) is 4.79 Å². The number of nitrogens with one attached hydrogen (secondary N) is 1. The van der Waals surface area contributed by atoms with Crippen LogP contribution in [0.15, 0.2) is 18.3 Å². The summed E-state index contributed by atoms with van der Waals surface area (Å²) in [7, 11) is 0. The van der Waals surface area contributed by atoms with E-state index in [1.165, 1.54) is 5.56 Å². The average Bonchev–Trinajstić information content (AvgIpc) is 2.44. The largest absolute Gasteiger partial charge is 0.364 e. The monoisotopic (exact) mass is 305 g/mol. The molecular formula is C18H31N3O. The first-order chi connectivity index (χ1) is 10.4. The number of carbonyl (C=O) groups is 1. The molecular weight excluding hydrogens is 274 g/mol. The molecule has 1 fully saturated rings. The summed E-state index contributed by atoms with van der Waals surface area (Å²) in [5.74, 6) is 1.17. The van der Waals surface area contributed by atoms with Crippen molar-refractivity contribution >= 4 is 11.7 Å². The normalized spacial score (nSPS) is 14.7. The lowest BCUT2D eigenvalue weighted by Gasteiger charge is -2.40. The van der Waals surface area contributed by atoms with Gasteiger partial charge in [0.2, 0.25) is 5.91 Å². The standard InChI is InChI=1S/C16H25N3O.C2H6/c1-5-6-15(20)19-10-13(11-19)18-14-9-12(7-8-17-14)16(2,3)4;1-2/h7-9,13H,5-6,10-11H2,1-4H3,(H,17,18);1-2H3. The van der Waals surface area contributed by atoms with E-state index in [1.54, 1.807) is 0 Å². The van der Waals surface area contributed by atoms with Crippen LogP contribution in [0.5, 0.6) is 0 Å². The number of pyridine rings is 1. The Morgan fingerprint density at radius 1 is 1.36 bits per heavy atom. The number of anilines is 1. The Hall–Kier alpha value is -1.58. The number of aromatic nitrogens is 1. The van der Waals surface area contributed by atoms with Crippen LogP contribution in [0.3, 0.4) is 0 Å². The van der Waals surface area contributed by atoms with Gasteiger partial charge in [-0.15, -0.1) is 0 Å². The molecule has 4 heteroatoms. The Morgan fingerprint density at radius 3 is 2.55 bits per heavy atom. The van der Waals surface area contributed by atoms with E-state index in [0.29, 0.717) is 12.5 Å². The van der Waals surface area contributed by atoms with E-state index >= 15 is 0 Å². The Kier molecular flexibility index (Phi) is 6.85. The van der Waals surface area contributed by atoms with Crippen molar-refractivity contribution in [3.8, 4) is 0 Å². The molecule has 22 heavy (non-hydrogen) atoms. The molecule has 1 saturated heterocycles. The van der Waals surface area contributed by atoms with Crippen LogP contribution in [0.4, 0.5) is 5.82 Å². The molecule has 124 valence electrons. The predicted molar refractivity (Wildman–Crippen MR) is 93.2 cm³/mol. The SMILES string of the molecule is CC.CCCC(=O)N1CC(Nc2cc(C(C)(C)C)ccn2)C1. The summed E-state index contributed by atoms with van der Waals surface area (Å²) in [4.78, 5) is 18.0. The average molecular weight is 305 g/mol. The smallest absolute Gasteiger partial charge is 0.222 e. The summed E-state index contributed by atoms with van der Waals surface area (Å²) in [6.45, 7) is 14.2. The van der Waals surface area contributed by atoms with Crippen molar-refractivity contribution in [2.24, 2.45) is 0 Å². The van der Waals surface area contributed by atoms with Crippen LogP contribution in [0, 0.1) is 0 Å². The molecule has 0 saturated carbocycles. The fourth-order valence-electron chi connectivity index (χ4n) is 2.33. The third-order valence-corrected chi connectivity index (χ3v) is 3.68. The van der Waals surface area contributed by atoms with Crippen molar-refractivity contribution in [1.82, 2.24) is 9.88 Å². The van der Waals surface area contributed by atoms with Gasteiger partial charge in [-0.1, -0.05) is 41.5 Å². The quantitative estimate of drug-likeness (QED) is 0.919. The molecule has 1 aliphatic rings. The van der Waals surface area contributed by atoms with Crippen molar-refractivity contribution in [1.29, 1.82) is 0 Å². The van der Waals surface area contributed by atoms with Crippen LogP contribution in [-0.4, -0.2) is 34.9 Å². The summed E-state index contributed by atoms with van der Waals surface area (Å²) in [6.07, 6.45) is 3.43. The maximum absolute atomic E-state index is 11.7. The van der Waals surface area contributed by atoms with Gasteiger partial charge in [0, 0.05) is 25.7 Å². The first-order valence-electron chi connectivity index (χ1n) is 8.41. The zero-order chi connectivity index (χ0) is 16.8. The summed E-state index contributed by atoms with van der Waals surface area (Å²) < 4.78 is 0. The maximum Gasteiger partial charge on any atom is 0.222 e. The molecule has 0 aromatic carbocycles. The molecule has 2 rings (SSSR count). The van der Waals surface area contributed by atoms with Gasteiger partial charge in [-0.25, -0.2) is 4.98 Å². The zero-order valence-electron chi connectivity index (χ0n) is 14.9.